The van der Waals surface area contributed by atoms with Crippen molar-refractivity contribution in [3.05, 3.63) is 59.7 Å². The van der Waals surface area contributed by atoms with Crippen LogP contribution < -0.4 is 21.7 Å². The summed E-state index contributed by atoms with van der Waals surface area (Å²) in [7, 11) is 0. The Kier molecular flexibility index (Phi) is 4.22. The smallest absolute Gasteiger partial charge is 0.275 e. The van der Waals surface area contributed by atoms with Gasteiger partial charge in [0.25, 0.3) is 0 Å². The third-order valence-corrected chi connectivity index (χ3v) is 2.93. The maximum Gasteiger partial charge on any atom is 0.348 e. The van der Waals surface area contributed by atoms with Gasteiger partial charge < -0.3 is 0 Å². The number of benzene rings is 2. The average molecular weight is 270 g/mol. The van der Waals surface area contributed by atoms with Gasteiger partial charge in [-0.3, -0.25) is 10.4 Å². The molecular weight excluding hydrogens is 252 g/mol. The van der Waals surface area contributed by atoms with Crippen LogP contribution in [0.15, 0.2) is 48.5 Å². The van der Waals surface area contributed by atoms with Crippen molar-refractivity contribution in [2.75, 3.05) is 5.01 Å². The molecular formula is C15H18N4O. The van der Waals surface area contributed by atoms with E-state index >= 15 is 0 Å². The Balaban J connectivity index is 2.35. The Morgan fingerprint density at radius 2 is 1.30 bits per heavy atom. The lowest BCUT2D eigenvalue weighted by molar-refractivity contribution is 0.241. The summed E-state index contributed by atoms with van der Waals surface area (Å²) in [4.78, 5) is 11.5. The normalized spacial score (nSPS) is 9.95. The van der Waals surface area contributed by atoms with Gasteiger partial charge in [0.2, 0.25) is 0 Å². The van der Waals surface area contributed by atoms with Crippen LogP contribution in [0.2, 0.25) is 0 Å². The number of carbonyl (C=O) groups is 1. The highest BCUT2D eigenvalue weighted by Crippen LogP contribution is 2.23. The third-order valence-electron chi connectivity index (χ3n) is 2.93. The number of nitrogens with one attached hydrogen (secondary N) is 2. The minimum absolute atomic E-state index is 0.480. The first kappa shape index (κ1) is 13.9. The van der Waals surface area contributed by atoms with Gasteiger partial charge in [0, 0.05) is 0 Å². The highest BCUT2D eigenvalue weighted by molar-refractivity contribution is 5.78. The summed E-state index contributed by atoms with van der Waals surface area (Å²) in [6.45, 7) is 4.03. The first-order valence-electron chi connectivity index (χ1n) is 6.31. The second-order valence-corrected chi connectivity index (χ2v) is 4.59. The zero-order chi connectivity index (χ0) is 14.5. The number of nitrogens with zero attached hydrogens (tertiary/aromatic N) is 1. The first-order valence-corrected chi connectivity index (χ1v) is 6.31. The largest absolute Gasteiger partial charge is 0.348 e. The number of carbonyl (C=O) groups excluding carboxylic acids is 1. The molecule has 0 aliphatic rings. The Morgan fingerprint density at radius 1 is 0.900 bits per heavy atom. The Bertz CT molecular complexity index is 532. The number of hydrogen-bond acceptors (Lipinski definition) is 3. The van der Waals surface area contributed by atoms with E-state index in [1.807, 2.05) is 62.4 Å². The molecule has 0 fully saturated rings. The molecule has 0 unspecified atom stereocenters. The van der Waals surface area contributed by atoms with Crippen molar-refractivity contribution < 1.29 is 4.79 Å². The average Bonchev–Trinajstić information content (AvgIpc) is 2.46. The second kappa shape index (κ2) is 6.08. The lowest BCUT2D eigenvalue weighted by Gasteiger charge is -2.25. The fourth-order valence-corrected chi connectivity index (χ4v) is 1.80. The van der Waals surface area contributed by atoms with Gasteiger partial charge in [0.1, 0.15) is 0 Å². The predicted molar refractivity (Wildman–Crippen MR) is 80.4 cm³/mol. The molecule has 104 valence electrons. The van der Waals surface area contributed by atoms with Crippen LogP contribution in [0, 0.1) is 13.8 Å². The summed E-state index contributed by atoms with van der Waals surface area (Å²) in [5.41, 5.74) is 8.77. The van der Waals surface area contributed by atoms with Crippen LogP contribution in [0.1, 0.15) is 11.1 Å². The second-order valence-electron chi connectivity index (χ2n) is 4.59. The van der Waals surface area contributed by atoms with Crippen molar-refractivity contribution in [3.63, 3.8) is 0 Å². The number of rotatable bonds is 3. The molecule has 0 heterocycles. The highest BCUT2D eigenvalue weighted by atomic mass is 16.2. The van der Waals surface area contributed by atoms with E-state index in [1.54, 1.807) is 5.01 Å². The molecule has 2 aromatic carbocycles. The number of urea groups is 1. The number of hydrazine groups is 2. The standard InChI is InChI=1S/C15H18N4O/c1-11-3-7-13(8-4-11)19(18-15(20)17-16)14-9-5-12(2)6-10-14/h3-10H,16H2,1-2H3,(H2,17,18,20). The summed E-state index contributed by atoms with van der Waals surface area (Å²) in [5, 5.41) is 1.68. The van der Waals surface area contributed by atoms with Crippen molar-refractivity contribution in [2.24, 2.45) is 5.84 Å². The molecule has 5 heteroatoms. The molecule has 0 aliphatic heterocycles. The molecule has 0 saturated carbocycles. The lowest BCUT2D eigenvalue weighted by Crippen LogP contribution is -2.47. The molecule has 0 spiro atoms. The van der Waals surface area contributed by atoms with Gasteiger partial charge in [-0.1, -0.05) is 35.4 Å². The van der Waals surface area contributed by atoms with E-state index in [1.165, 1.54) is 0 Å². The third kappa shape index (κ3) is 3.27. The molecule has 5 nitrogen and oxygen atoms in total. The molecule has 0 aromatic heterocycles. The Morgan fingerprint density at radius 3 is 1.65 bits per heavy atom. The van der Waals surface area contributed by atoms with E-state index < -0.39 is 6.03 Å². The van der Waals surface area contributed by atoms with Gasteiger partial charge in [0.15, 0.2) is 0 Å². The lowest BCUT2D eigenvalue weighted by atomic mass is 10.2. The number of amides is 2. The first-order chi connectivity index (χ1) is 9.60. The maximum absolute atomic E-state index is 11.5. The van der Waals surface area contributed by atoms with E-state index in [-0.39, 0.29) is 0 Å². The molecule has 2 amide bonds. The zero-order valence-corrected chi connectivity index (χ0v) is 11.6. The van der Waals surface area contributed by atoms with Gasteiger partial charge >= 0.3 is 6.03 Å². The van der Waals surface area contributed by atoms with Crippen LogP contribution in [0.3, 0.4) is 0 Å². The predicted octanol–water partition coefficient (Wildman–Crippen LogP) is 2.53. The molecule has 20 heavy (non-hydrogen) atoms. The molecule has 0 atom stereocenters. The van der Waals surface area contributed by atoms with Gasteiger partial charge in [-0.15, -0.1) is 0 Å². The quantitative estimate of drug-likeness (QED) is 0.456. The van der Waals surface area contributed by atoms with Gasteiger partial charge in [-0.05, 0) is 38.1 Å². The summed E-state index contributed by atoms with van der Waals surface area (Å²) < 4.78 is 0. The van der Waals surface area contributed by atoms with Crippen molar-refractivity contribution in [1.82, 2.24) is 10.9 Å². The topological polar surface area (TPSA) is 70.4 Å². The van der Waals surface area contributed by atoms with E-state index in [4.69, 9.17) is 5.84 Å². The Labute approximate surface area is 118 Å². The zero-order valence-electron chi connectivity index (χ0n) is 11.6. The molecule has 4 N–H and O–H groups in total. The van der Waals surface area contributed by atoms with Gasteiger partial charge in [-0.2, -0.15) is 0 Å². The van der Waals surface area contributed by atoms with Crippen molar-refractivity contribution in [2.45, 2.75) is 13.8 Å². The molecule has 0 saturated heterocycles. The van der Waals surface area contributed by atoms with E-state index in [2.05, 4.69) is 10.9 Å². The summed E-state index contributed by atoms with van der Waals surface area (Å²) in [5.74, 6) is 5.14. The summed E-state index contributed by atoms with van der Waals surface area (Å²) in [6.07, 6.45) is 0. The summed E-state index contributed by atoms with van der Waals surface area (Å²) in [6, 6.07) is 15.2. The Hall–Kier alpha value is -2.53. The monoisotopic (exact) mass is 270 g/mol. The summed E-state index contributed by atoms with van der Waals surface area (Å²) >= 11 is 0. The van der Waals surface area contributed by atoms with Crippen LogP contribution >= 0.6 is 0 Å². The molecule has 0 bridgehead atoms. The van der Waals surface area contributed by atoms with Gasteiger partial charge in [-0.25, -0.2) is 16.1 Å². The minimum atomic E-state index is -0.480. The number of anilines is 2. The van der Waals surface area contributed by atoms with Crippen LogP contribution in [0.25, 0.3) is 0 Å². The SMILES string of the molecule is Cc1ccc(N(NC(=O)NN)c2ccc(C)cc2)cc1. The number of aryl methyl sites for hydroxylation is 2. The number of hydrogen-bond donors (Lipinski definition) is 3. The van der Waals surface area contributed by atoms with Crippen molar-refractivity contribution in [1.29, 1.82) is 0 Å². The van der Waals surface area contributed by atoms with Crippen LogP contribution in [-0.4, -0.2) is 6.03 Å². The molecule has 0 aliphatic carbocycles. The van der Waals surface area contributed by atoms with Crippen LogP contribution in [0.4, 0.5) is 16.2 Å². The van der Waals surface area contributed by atoms with Crippen LogP contribution in [-0.2, 0) is 0 Å². The van der Waals surface area contributed by atoms with E-state index in [9.17, 15) is 4.79 Å². The van der Waals surface area contributed by atoms with Crippen molar-refractivity contribution >= 4 is 17.4 Å². The van der Waals surface area contributed by atoms with Crippen molar-refractivity contribution in [3.8, 4) is 0 Å². The van der Waals surface area contributed by atoms with Crippen LogP contribution in [0.5, 0.6) is 0 Å². The molecule has 0 radical (unpaired) electrons. The molecule has 2 aromatic rings. The number of nitrogens with two attached hydrogens (primary N) is 1. The fraction of sp³-hybridized carbons (Fsp3) is 0.133. The maximum atomic E-state index is 11.5. The highest BCUT2D eigenvalue weighted by Gasteiger charge is 2.11. The minimum Gasteiger partial charge on any atom is -0.275 e. The molecule has 2 rings (SSSR count). The fourth-order valence-electron chi connectivity index (χ4n) is 1.80. The van der Waals surface area contributed by atoms with E-state index in [0.717, 1.165) is 22.5 Å². The van der Waals surface area contributed by atoms with E-state index in [0.29, 0.717) is 0 Å². The van der Waals surface area contributed by atoms with Gasteiger partial charge in [0.05, 0.1) is 11.4 Å².